The summed E-state index contributed by atoms with van der Waals surface area (Å²) in [6.07, 6.45) is -4.15. The molecule has 0 spiro atoms. The lowest BCUT2D eigenvalue weighted by molar-refractivity contribution is -0.146. The highest BCUT2D eigenvalue weighted by Gasteiger charge is 2.40. The van der Waals surface area contributed by atoms with E-state index in [1.54, 1.807) is 0 Å². The Morgan fingerprint density at radius 3 is 2.29 bits per heavy atom. The number of hydrogen-bond donors (Lipinski definition) is 1. The van der Waals surface area contributed by atoms with Crippen molar-refractivity contribution in [1.82, 2.24) is 9.62 Å². The molecule has 1 unspecified atom stereocenters. The quantitative estimate of drug-likeness (QED) is 0.627. The van der Waals surface area contributed by atoms with Crippen molar-refractivity contribution in [2.75, 3.05) is 20.2 Å². The van der Waals surface area contributed by atoms with Crippen LogP contribution in [-0.4, -0.2) is 50.8 Å². The summed E-state index contributed by atoms with van der Waals surface area (Å²) in [6, 6.07) is 3.23. The number of hydrogen-bond acceptors (Lipinski definition) is 5. The SMILES string of the molecule is COC(=O)C(CC(C)C)NC(=O)C1CCN(S(=O)(=O)c2ccccc2C(F)(F)F)CC1. The fourth-order valence-electron chi connectivity index (χ4n) is 3.54. The summed E-state index contributed by atoms with van der Waals surface area (Å²) in [5, 5.41) is 2.65. The summed E-state index contributed by atoms with van der Waals surface area (Å²) in [7, 11) is -3.15. The van der Waals surface area contributed by atoms with E-state index in [2.05, 4.69) is 5.32 Å². The highest BCUT2D eigenvalue weighted by atomic mass is 32.2. The lowest BCUT2D eigenvalue weighted by atomic mass is 9.96. The number of piperidine rings is 1. The molecule has 11 heteroatoms. The number of nitrogens with zero attached hydrogens (tertiary/aromatic N) is 1. The van der Waals surface area contributed by atoms with Gasteiger partial charge < -0.3 is 10.1 Å². The maximum absolute atomic E-state index is 13.2. The van der Waals surface area contributed by atoms with Crippen molar-refractivity contribution in [3.05, 3.63) is 29.8 Å². The molecule has 1 aliphatic rings. The van der Waals surface area contributed by atoms with Gasteiger partial charge in [0.25, 0.3) is 0 Å². The lowest BCUT2D eigenvalue weighted by Gasteiger charge is -2.32. The molecule has 1 aromatic rings. The summed E-state index contributed by atoms with van der Waals surface area (Å²) in [6.45, 7) is 3.59. The largest absolute Gasteiger partial charge is 0.467 e. The third kappa shape index (κ3) is 6.19. The number of benzene rings is 1. The van der Waals surface area contributed by atoms with E-state index in [9.17, 15) is 31.2 Å². The molecular formula is C20H27F3N2O5S. The van der Waals surface area contributed by atoms with Gasteiger partial charge in [0.15, 0.2) is 0 Å². The minimum Gasteiger partial charge on any atom is -0.467 e. The predicted molar refractivity (Wildman–Crippen MR) is 106 cm³/mol. The second-order valence-electron chi connectivity index (χ2n) is 7.89. The minimum absolute atomic E-state index is 0.0975. The summed E-state index contributed by atoms with van der Waals surface area (Å²) in [5.41, 5.74) is -1.22. The van der Waals surface area contributed by atoms with Crippen LogP contribution >= 0.6 is 0 Å². The molecule has 1 amide bonds. The highest BCUT2D eigenvalue weighted by molar-refractivity contribution is 7.89. The normalized spacial score (nSPS) is 17.4. The molecule has 1 aliphatic heterocycles. The number of halogens is 3. The van der Waals surface area contributed by atoms with Gasteiger partial charge in [0.1, 0.15) is 6.04 Å². The maximum Gasteiger partial charge on any atom is 0.417 e. The number of alkyl halides is 3. The Morgan fingerprint density at radius 1 is 1.19 bits per heavy atom. The number of carbonyl (C=O) groups is 2. The van der Waals surface area contributed by atoms with Gasteiger partial charge in [0.05, 0.1) is 17.6 Å². The number of ether oxygens (including phenoxy) is 1. The molecule has 1 atom stereocenters. The first kappa shape index (κ1) is 25.1. The Hall–Kier alpha value is -2.14. The van der Waals surface area contributed by atoms with Crippen LogP contribution in [0, 0.1) is 11.8 Å². The molecule has 174 valence electrons. The number of rotatable bonds is 7. The lowest BCUT2D eigenvalue weighted by Crippen LogP contribution is -2.48. The zero-order valence-electron chi connectivity index (χ0n) is 17.6. The second kappa shape index (κ2) is 9.99. The monoisotopic (exact) mass is 464 g/mol. The molecule has 0 bridgehead atoms. The van der Waals surface area contributed by atoms with Crippen molar-refractivity contribution >= 4 is 21.9 Å². The minimum atomic E-state index is -4.80. The molecule has 1 heterocycles. The average molecular weight is 465 g/mol. The van der Waals surface area contributed by atoms with Gasteiger partial charge >= 0.3 is 12.1 Å². The fourth-order valence-corrected chi connectivity index (χ4v) is 5.22. The Bertz CT molecular complexity index is 894. The van der Waals surface area contributed by atoms with Crippen LogP contribution in [0.1, 0.15) is 38.7 Å². The Labute approximate surface area is 180 Å². The van der Waals surface area contributed by atoms with Crippen molar-refractivity contribution in [3.8, 4) is 0 Å². The van der Waals surface area contributed by atoms with Gasteiger partial charge in [-0.2, -0.15) is 17.5 Å². The van der Waals surface area contributed by atoms with E-state index in [1.807, 2.05) is 13.8 Å². The van der Waals surface area contributed by atoms with Crippen molar-refractivity contribution in [2.24, 2.45) is 11.8 Å². The van der Waals surface area contributed by atoms with E-state index in [0.29, 0.717) is 6.42 Å². The van der Waals surface area contributed by atoms with Crippen molar-refractivity contribution < 1.29 is 35.9 Å². The van der Waals surface area contributed by atoms with Gasteiger partial charge in [0, 0.05) is 19.0 Å². The average Bonchev–Trinajstić information content (AvgIpc) is 2.71. The van der Waals surface area contributed by atoms with E-state index < -0.39 is 50.5 Å². The number of amides is 1. The molecular weight excluding hydrogens is 437 g/mol. The van der Waals surface area contributed by atoms with Gasteiger partial charge in [-0.05, 0) is 37.3 Å². The fraction of sp³-hybridized carbons (Fsp3) is 0.600. The summed E-state index contributed by atoms with van der Waals surface area (Å²) in [5.74, 6) is -1.39. The Kier molecular flexibility index (Phi) is 8.09. The first-order chi connectivity index (χ1) is 14.4. The molecule has 1 fully saturated rings. The molecule has 1 N–H and O–H groups in total. The third-order valence-electron chi connectivity index (χ3n) is 5.14. The first-order valence-electron chi connectivity index (χ1n) is 9.92. The van der Waals surface area contributed by atoms with Gasteiger partial charge in [0.2, 0.25) is 15.9 Å². The van der Waals surface area contributed by atoms with Crippen LogP contribution in [0.15, 0.2) is 29.2 Å². The smallest absolute Gasteiger partial charge is 0.417 e. The van der Waals surface area contributed by atoms with E-state index in [4.69, 9.17) is 4.74 Å². The number of methoxy groups -OCH3 is 1. The van der Waals surface area contributed by atoms with Crippen LogP contribution in [0.2, 0.25) is 0 Å². The standard InChI is InChI=1S/C20H27F3N2O5S/c1-13(2)12-16(19(27)30-3)24-18(26)14-8-10-25(11-9-14)31(28,29)17-7-5-4-6-15(17)20(21,22)23/h4-7,13-14,16H,8-12H2,1-3H3,(H,24,26). The van der Waals surface area contributed by atoms with Crippen molar-refractivity contribution in [1.29, 1.82) is 0 Å². The van der Waals surface area contributed by atoms with Gasteiger partial charge in [-0.15, -0.1) is 0 Å². The van der Waals surface area contributed by atoms with Gasteiger partial charge in [-0.1, -0.05) is 26.0 Å². The maximum atomic E-state index is 13.2. The van der Waals surface area contributed by atoms with Crippen molar-refractivity contribution in [2.45, 2.75) is 50.2 Å². The summed E-state index contributed by atoms with van der Waals surface area (Å²) in [4.78, 5) is 23.7. The number of carbonyl (C=O) groups excluding carboxylic acids is 2. The highest BCUT2D eigenvalue weighted by Crippen LogP contribution is 2.36. The van der Waals surface area contributed by atoms with Gasteiger partial charge in [-0.3, -0.25) is 4.79 Å². The van der Waals surface area contributed by atoms with Crippen molar-refractivity contribution in [3.63, 3.8) is 0 Å². The molecule has 1 saturated heterocycles. The van der Waals surface area contributed by atoms with Crippen LogP contribution in [0.4, 0.5) is 13.2 Å². The van der Waals surface area contributed by atoms with Crippen LogP contribution in [0.5, 0.6) is 0 Å². The summed E-state index contributed by atoms with van der Waals surface area (Å²) >= 11 is 0. The zero-order chi connectivity index (χ0) is 23.4. The van der Waals surface area contributed by atoms with E-state index >= 15 is 0 Å². The van der Waals surface area contributed by atoms with Crippen LogP contribution < -0.4 is 5.32 Å². The van der Waals surface area contributed by atoms with Crippen LogP contribution in [0.3, 0.4) is 0 Å². The van der Waals surface area contributed by atoms with Crippen LogP contribution in [0.25, 0.3) is 0 Å². The molecule has 31 heavy (non-hydrogen) atoms. The summed E-state index contributed by atoms with van der Waals surface area (Å²) < 4.78 is 71.1. The molecule has 2 rings (SSSR count). The molecule has 1 aromatic carbocycles. The number of sulfonamides is 1. The molecule has 0 saturated carbocycles. The molecule has 0 radical (unpaired) electrons. The van der Waals surface area contributed by atoms with Crippen LogP contribution in [-0.2, 0) is 30.5 Å². The topological polar surface area (TPSA) is 92.8 Å². The van der Waals surface area contributed by atoms with E-state index in [1.165, 1.54) is 13.2 Å². The molecule has 7 nitrogen and oxygen atoms in total. The Morgan fingerprint density at radius 2 is 1.77 bits per heavy atom. The van der Waals surface area contributed by atoms with Gasteiger partial charge in [-0.25, -0.2) is 13.2 Å². The molecule has 0 aliphatic carbocycles. The second-order valence-corrected chi connectivity index (χ2v) is 9.79. The first-order valence-corrected chi connectivity index (χ1v) is 11.4. The Balaban J connectivity index is 2.09. The third-order valence-corrected chi connectivity index (χ3v) is 7.10. The molecule has 0 aromatic heterocycles. The van der Waals surface area contributed by atoms with E-state index in [0.717, 1.165) is 22.5 Å². The van der Waals surface area contributed by atoms with E-state index in [-0.39, 0.29) is 31.8 Å². The number of nitrogens with one attached hydrogen (secondary N) is 1. The zero-order valence-corrected chi connectivity index (χ0v) is 18.4. The predicted octanol–water partition coefficient (Wildman–Crippen LogP) is 2.81. The number of esters is 1.